The number of carbonyl (C=O) groups excluding carboxylic acids is 3. The van der Waals surface area contributed by atoms with E-state index in [1.54, 1.807) is 37.3 Å². The molecule has 0 aromatic heterocycles. The zero-order chi connectivity index (χ0) is 22.3. The van der Waals surface area contributed by atoms with Crippen LogP contribution >= 0.6 is 23.4 Å². The van der Waals surface area contributed by atoms with Crippen molar-refractivity contribution in [3.63, 3.8) is 0 Å². The number of carbonyl (C=O) groups is 3. The first-order chi connectivity index (χ1) is 14.8. The predicted molar refractivity (Wildman–Crippen MR) is 115 cm³/mol. The summed E-state index contributed by atoms with van der Waals surface area (Å²) in [5, 5.41) is 21.4. The molecule has 0 saturated carbocycles. The van der Waals surface area contributed by atoms with Gasteiger partial charge in [0.2, 0.25) is 4.87 Å². The highest BCUT2D eigenvalue weighted by molar-refractivity contribution is 8.17. The van der Waals surface area contributed by atoms with Crippen molar-refractivity contribution in [3.05, 3.63) is 70.4 Å². The van der Waals surface area contributed by atoms with Crippen LogP contribution < -0.4 is 4.90 Å². The second-order valence-electron chi connectivity index (χ2n) is 6.55. The van der Waals surface area contributed by atoms with Crippen LogP contribution in [0.5, 0.6) is 5.75 Å². The lowest BCUT2D eigenvalue weighted by atomic mass is 10.1. The molecule has 158 valence electrons. The number of hydrogen-bond acceptors (Lipinski definition) is 7. The van der Waals surface area contributed by atoms with Crippen molar-refractivity contribution in [1.82, 2.24) is 0 Å². The summed E-state index contributed by atoms with van der Waals surface area (Å²) in [5.74, 6) is -4.32. The molecule has 0 fully saturated rings. The average Bonchev–Trinajstić information content (AvgIpc) is 3.19. The normalized spacial score (nSPS) is 20.6. The Morgan fingerprint density at radius 3 is 2.58 bits per heavy atom. The molecule has 2 aliphatic rings. The highest BCUT2D eigenvalue weighted by Gasteiger charge is 2.65. The molecule has 0 bridgehead atoms. The van der Waals surface area contributed by atoms with Gasteiger partial charge in [0.15, 0.2) is 5.76 Å². The molecule has 1 spiro atoms. The fraction of sp³-hybridized carbons (Fsp3) is 0.143. The summed E-state index contributed by atoms with van der Waals surface area (Å²) < 4.78 is 5.02. The van der Waals surface area contributed by atoms with E-state index in [1.165, 1.54) is 18.2 Å². The van der Waals surface area contributed by atoms with Gasteiger partial charge in [-0.3, -0.25) is 14.5 Å². The maximum absolute atomic E-state index is 13.3. The van der Waals surface area contributed by atoms with Crippen LogP contribution in [0.2, 0.25) is 5.02 Å². The van der Waals surface area contributed by atoms with Gasteiger partial charge in [0.05, 0.1) is 12.3 Å². The van der Waals surface area contributed by atoms with Crippen LogP contribution in [-0.4, -0.2) is 44.5 Å². The van der Waals surface area contributed by atoms with Gasteiger partial charge in [0, 0.05) is 10.6 Å². The predicted octanol–water partition coefficient (Wildman–Crippen LogP) is 3.18. The summed E-state index contributed by atoms with van der Waals surface area (Å²) in [6, 6.07) is 12.6. The number of halogens is 1. The summed E-state index contributed by atoms with van der Waals surface area (Å²) in [6.45, 7) is 1.50. The fourth-order valence-electron chi connectivity index (χ4n) is 3.40. The second-order valence-corrected chi connectivity index (χ2v) is 8.17. The Hall–Kier alpha value is -3.30. The van der Waals surface area contributed by atoms with Crippen LogP contribution in [0.1, 0.15) is 12.5 Å². The summed E-state index contributed by atoms with van der Waals surface area (Å²) in [5.41, 5.74) is -0.132. The minimum Gasteiger partial charge on any atom is -0.506 e. The number of nitrogens with zero attached hydrogens (tertiary/aromatic N) is 2. The number of hydrogen-bond donors (Lipinski definition) is 2. The Labute approximate surface area is 185 Å². The average molecular weight is 459 g/mol. The molecule has 2 amide bonds. The van der Waals surface area contributed by atoms with E-state index in [0.717, 1.165) is 16.7 Å². The third-order valence-electron chi connectivity index (χ3n) is 4.71. The summed E-state index contributed by atoms with van der Waals surface area (Å²) in [4.78, 5) is 41.9. The van der Waals surface area contributed by atoms with Crippen LogP contribution in [0, 0.1) is 0 Å². The number of aromatic hydroxyl groups is 1. The van der Waals surface area contributed by atoms with E-state index >= 15 is 0 Å². The molecule has 2 aliphatic heterocycles. The SMILES string of the molecule is CCOC(=O)C1=C(O)C(=O)N(c2cc(Cl)ccc2O)C12SC(c1ccccc1)=NC2=O. The standard InChI is InChI=1S/C21H15ClN2O6S/c1-2-30-19(28)15-16(26)18(27)24(13-10-12(22)8-9-14(13)25)21(15)20(29)23-17(31-21)11-6-4-3-5-7-11/h3-10,25-26H,2H2,1H3. The molecule has 10 heteroatoms. The van der Waals surface area contributed by atoms with Crippen LogP contribution in [0.25, 0.3) is 0 Å². The van der Waals surface area contributed by atoms with Crippen molar-refractivity contribution in [3.8, 4) is 5.75 Å². The molecule has 0 saturated heterocycles. The van der Waals surface area contributed by atoms with Gasteiger partial charge in [-0.05, 0) is 25.1 Å². The van der Waals surface area contributed by atoms with Crippen molar-refractivity contribution in [2.45, 2.75) is 11.8 Å². The quantitative estimate of drug-likeness (QED) is 0.676. The fourth-order valence-corrected chi connectivity index (χ4v) is 4.92. The summed E-state index contributed by atoms with van der Waals surface area (Å²) in [7, 11) is 0. The monoisotopic (exact) mass is 458 g/mol. The van der Waals surface area contributed by atoms with E-state index in [4.69, 9.17) is 16.3 Å². The molecule has 2 heterocycles. The van der Waals surface area contributed by atoms with Gasteiger partial charge >= 0.3 is 5.97 Å². The number of aliphatic hydroxyl groups is 1. The number of rotatable bonds is 4. The van der Waals surface area contributed by atoms with E-state index in [2.05, 4.69) is 4.99 Å². The van der Waals surface area contributed by atoms with E-state index in [9.17, 15) is 24.6 Å². The lowest BCUT2D eigenvalue weighted by Gasteiger charge is -2.33. The van der Waals surface area contributed by atoms with Crippen LogP contribution in [0.4, 0.5) is 5.69 Å². The molecule has 0 radical (unpaired) electrons. The number of aliphatic hydroxyl groups excluding tert-OH is 1. The number of anilines is 1. The van der Waals surface area contributed by atoms with E-state index < -0.39 is 34.0 Å². The Morgan fingerprint density at radius 2 is 1.90 bits per heavy atom. The van der Waals surface area contributed by atoms with Gasteiger partial charge in [-0.15, -0.1) is 0 Å². The molecule has 4 rings (SSSR count). The molecule has 0 aliphatic carbocycles. The maximum atomic E-state index is 13.3. The Kier molecular flexibility index (Phi) is 5.24. The van der Waals surface area contributed by atoms with Gasteiger partial charge in [0.1, 0.15) is 16.4 Å². The number of thioether (sulfide) groups is 1. The first-order valence-corrected chi connectivity index (χ1v) is 10.3. The zero-order valence-electron chi connectivity index (χ0n) is 16.0. The zero-order valence-corrected chi connectivity index (χ0v) is 17.6. The third kappa shape index (κ3) is 3.17. The minimum atomic E-state index is -2.10. The Morgan fingerprint density at radius 1 is 1.19 bits per heavy atom. The summed E-state index contributed by atoms with van der Waals surface area (Å²) in [6.07, 6.45) is 0. The molecule has 1 atom stereocenters. The van der Waals surface area contributed by atoms with Crippen LogP contribution in [0.3, 0.4) is 0 Å². The molecule has 1 unspecified atom stereocenters. The van der Waals surface area contributed by atoms with Crippen molar-refractivity contribution in [2.24, 2.45) is 4.99 Å². The van der Waals surface area contributed by atoms with Crippen molar-refractivity contribution < 1.29 is 29.3 Å². The largest absolute Gasteiger partial charge is 0.506 e. The number of aliphatic imine (C=N–C) groups is 1. The van der Waals surface area contributed by atoms with Gasteiger partial charge in [-0.2, -0.15) is 0 Å². The highest BCUT2D eigenvalue weighted by atomic mass is 35.5. The van der Waals surface area contributed by atoms with E-state index in [0.29, 0.717) is 5.56 Å². The lowest BCUT2D eigenvalue weighted by Crippen LogP contribution is -2.51. The van der Waals surface area contributed by atoms with E-state index in [-0.39, 0.29) is 28.1 Å². The van der Waals surface area contributed by atoms with Crippen molar-refractivity contribution in [1.29, 1.82) is 0 Å². The molecule has 2 N–H and O–H groups in total. The number of amides is 2. The smallest absolute Gasteiger partial charge is 0.341 e. The molecule has 31 heavy (non-hydrogen) atoms. The number of phenols is 1. The minimum absolute atomic E-state index is 0.0481. The highest BCUT2D eigenvalue weighted by Crippen LogP contribution is 2.53. The van der Waals surface area contributed by atoms with Crippen molar-refractivity contribution >= 4 is 51.9 Å². The Balaban J connectivity index is 1.93. The first kappa shape index (κ1) is 21.0. The van der Waals surface area contributed by atoms with Crippen LogP contribution in [-0.2, 0) is 19.1 Å². The van der Waals surface area contributed by atoms with Gasteiger partial charge in [0.25, 0.3) is 11.8 Å². The molecular weight excluding hydrogens is 444 g/mol. The van der Waals surface area contributed by atoms with Gasteiger partial charge in [-0.1, -0.05) is 53.7 Å². The summed E-state index contributed by atoms with van der Waals surface area (Å²) >= 11 is 6.85. The van der Waals surface area contributed by atoms with E-state index in [1.807, 2.05) is 0 Å². The van der Waals surface area contributed by atoms with Gasteiger partial charge < -0.3 is 14.9 Å². The Bertz CT molecular complexity index is 1180. The topological polar surface area (TPSA) is 116 Å². The lowest BCUT2D eigenvalue weighted by molar-refractivity contribution is -0.140. The van der Waals surface area contributed by atoms with Crippen molar-refractivity contribution in [2.75, 3.05) is 11.5 Å². The molecule has 2 aromatic carbocycles. The number of ether oxygens (including phenoxy) is 1. The first-order valence-electron chi connectivity index (χ1n) is 9.12. The number of benzene rings is 2. The van der Waals surface area contributed by atoms with Gasteiger partial charge in [-0.25, -0.2) is 9.79 Å². The molecular formula is C21H15ClN2O6S. The third-order valence-corrected chi connectivity index (χ3v) is 6.32. The molecule has 8 nitrogen and oxygen atoms in total. The maximum Gasteiger partial charge on any atom is 0.341 e. The van der Waals surface area contributed by atoms with Crippen LogP contribution in [0.15, 0.2) is 64.9 Å². The number of esters is 1. The number of phenolic OH excluding ortho intramolecular Hbond substituents is 1. The molecule has 2 aromatic rings. The second kappa shape index (κ2) is 7.75.